The van der Waals surface area contributed by atoms with Crippen molar-refractivity contribution in [1.29, 1.82) is 0 Å². The number of nitrogens with zero attached hydrogens (tertiary/aromatic N) is 2. The molecule has 1 amide bonds. The second-order valence-electron chi connectivity index (χ2n) is 6.46. The maximum atomic E-state index is 12.3. The number of hydrogen-bond donors (Lipinski definition) is 2. The molecule has 28 heavy (non-hydrogen) atoms. The molecule has 0 saturated carbocycles. The summed E-state index contributed by atoms with van der Waals surface area (Å²) in [4.78, 5) is 21.0. The highest BCUT2D eigenvalue weighted by molar-refractivity contribution is 5.92. The van der Waals surface area contributed by atoms with Crippen molar-refractivity contribution in [2.75, 3.05) is 17.2 Å². The third kappa shape index (κ3) is 5.81. The molecular weight excluding hydrogens is 352 g/mol. The first-order chi connectivity index (χ1) is 13.6. The number of carbonyl (C=O) groups excluding carboxylic acids is 1. The first-order valence-electron chi connectivity index (χ1n) is 9.28. The quantitative estimate of drug-likeness (QED) is 0.557. The summed E-state index contributed by atoms with van der Waals surface area (Å²) in [5, 5.41) is 6.09. The zero-order valence-electron chi connectivity index (χ0n) is 16.1. The first-order valence-corrected chi connectivity index (χ1v) is 9.28. The van der Waals surface area contributed by atoms with Crippen molar-refractivity contribution >= 4 is 17.5 Å². The zero-order chi connectivity index (χ0) is 19.8. The van der Waals surface area contributed by atoms with E-state index in [1.165, 1.54) is 0 Å². The Morgan fingerprint density at radius 2 is 1.64 bits per heavy atom. The number of aryl methyl sites for hydroxylation is 2. The minimum Gasteiger partial charge on any atom is -0.455 e. The maximum Gasteiger partial charge on any atom is 0.224 e. The van der Waals surface area contributed by atoms with Gasteiger partial charge in [0.2, 0.25) is 11.9 Å². The molecule has 1 aromatic heterocycles. The number of anilines is 2. The molecule has 0 bridgehead atoms. The number of para-hydroxylation sites is 3. The van der Waals surface area contributed by atoms with Crippen LogP contribution < -0.4 is 15.4 Å². The molecule has 0 saturated heterocycles. The van der Waals surface area contributed by atoms with E-state index in [1.54, 1.807) is 0 Å². The Hall–Kier alpha value is -3.41. The molecule has 0 fully saturated rings. The third-order valence-electron chi connectivity index (χ3n) is 3.98. The maximum absolute atomic E-state index is 12.3. The van der Waals surface area contributed by atoms with Crippen LogP contribution in [0.5, 0.6) is 11.5 Å². The van der Waals surface area contributed by atoms with Crippen LogP contribution in [-0.4, -0.2) is 22.4 Å². The largest absolute Gasteiger partial charge is 0.455 e. The predicted octanol–water partition coefficient (Wildman–Crippen LogP) is 4.72. The Kier molecular flexibility index (Phi) is 6.57. The Balaban J connectivity index is 1.49. The van der Waals surface area contributed by atoms with Gasteiger partial charge in [-0.1, -0.05) is 30.3 Å². The second kappa shape index (κ2) is 9.50. The summed E-state index contributed by atoms with van der Waals surface area (Å²) in [7, 11) is 0. The number of nitrogens with one attached hydrogen (secondary N) is 2. The third-order valence-corrected chi connectivity index (χ3v) is 3.98. The zero-order valence-corrected chi connectivity index (χ0v) is 16.1. The standard InChI is InChI=1S/C22H24N4O2/c1-16-15-17(2)25-22(24-16)23-14-8-13-21(27)26-19-11-6-7-12-20(19)28-18-9-4-3-5-10-18/h3-7,9-12,15H,8,13-14H2,1-2H3,(H,26,27)(H,23,24,25). The van der Waals surface area contributed by atoms with Gasteiger partial charge in [0, 0.05) is 24.4 Å². The number of amides is 1. The van der Waals surface area contributed by atoms with Gasteiger partial charge in [-0.05, 0) is 50.6 Å². The summed E-state index contributed by atoms with van der Waals surface area (Å²) in [6.45, 7) is 4.49. The van der Waals surface area contributed by atoms with Gasteiger partial charge in [-0.25, -0.2) is 9.97 Å². The Morgan fingerprint density at radius 3 is 2.39 bits per heavy atom. The van der Waals surface area contributed by atoms with Gasteiger partial charge in [0.25, 0.3) is 0 Å². The van der Waals surface area contributed by atoms with Crippen molar-refractivity contribution in [3.05, 3.63) is 72.1 Å². The number of rotatable bonds is 8. The normalized spacial score (nSPS) is 10.4. The first kappa shape index (κ1) is 19.4. The van der Waals surface area contributed by atoms with Crippen LogP contribution in [0.4, 0.5) is 11.6 Å². The smallest absolute Gasteiger partial charge is 0.224 e. The summed E-state index contributed by atoms with van der Waals surface area (Å²) in [5.74, 6) is 1.87. The monoisotopic (exact) mass is 376 g/mol. The molecule has 1 heterocycles. The van der Waals surface area contributed by atoms with Gasteiger partial charge < -0.3 is 15.4 Å². The van der Waals surface area contributed by atoms with Crippen LogP contribution in [0.1, 0.15) is 24.2 Å². The topological polar surface area (TPSA) is 76.1 Å². The molecule has 2 N–H and O–H groups in total. The molecule has 0 aliphatic carbocycles. The summed E-state index contributed by atoms with van der Waals surface area (Å²) < 4.78 is 5.87. The van der Waals surface area contributed by atoms with Crippen LogP contribution in [0.15, 0.2) is 60.7 Å². The van der Waals surface area contributed by atoms with Crippen molar-refractivity contribution in [1.82, 2.24) is 9.97 Å². The number of ether oxygens (including phenoxy) is 1. The highest BCUT2D eigenvalue weighted by atomic mass is 16.5. The average molecular weight is 376 g/mol. The van der Waals surface area contributed by atoms with Crippen molar-refractivity contribution < 1.29 is 9.53 Å². The highest BCUT2D eigenvalue weighted by Crippen LogP contribution is 2.29. The highest BCUT2D eigenvalue weighted by Gasteiger charge is 2.08. The molecule has 0 aliphatic heterocycles. The molecule has 0 aliphatic rings. The van der Waals surface area contributed by atoms with Crippen LogP contribution in [0.2, 0.25) is 0 Å². The van der Waals surface area contributed by atoms with Crippen molar-refractivity contribution in [2.24, 2.45) is 0 Å². The number of hydrogen-bond acceptors (Lipinski definition) is 5. The van der Waals surface area contributed by atoms with Gasteiger partial charge in [-0.3, -0.25) is 4.79 Å². The molecule has 0 atom stereocenters. The van der Waals surface area contributed by atoms with Crippen LogP contribution in [0.3, 0.4) is 0 Å². The number of benzene rings is 2. The van der Waals surface area contributed by atoms with E-state index in [1.807, 2.05) is 74.5 Å². The van der Waals surface area contributed by atoms with E-state index >= 15 is 0 Å². The van der Waals surface area contributed by atoms with Gasteiger partial charge in [-0.15, -0.1) is 0 Å². The SMILES string of the molecule is Cc1cc(C)nc(NCCCC(=O)Nc2ccccc2Oc2ccccc2)n1. The van der Waals surface area contributed by atoms with E-state index in [0.29, 0.717) is 36.8 Å². The number of aromatic nitrogens is 2. The summed E-state index contributed by atoms with van der Waals surface area (Å²) >= 11 is 0. The van der Waals surface area contributed by atoms with E-state index < -0.39 is 0 Å². The van der Waals surface area contributed by atoms with Gasteiger partial charge in [0.15, 0.2) is 5.75 Å². The van der Waals surface area contributed by atoms with Crippen LogP contribution in [0, 0.1) is 13.8 Å². The minimum atomic E-state index is -0.0627. The fourth-order valence-electron chi connectivity index (χ4n) is 2.74. The fourth-order valence-corrected chi connectivity index (χ4v) is 2.74. The van der Waals surface area contributed by atoms with Gasteiger partial charge in [0.05, 0.1) is 5.69 Å². The molecule has 144 valence electrons. The van der Waals surface area contributed by atoms with Gasteiger partial charge >= 0.3 is 0 Å². The van der Waals surface area contributed by atoms with Crippen LogP contribution >= 0.6 is 0 Å². The van der Waals surface area contributed by atoms with E-state index in [9.17, 15) is 4.79 Å². The van der Waals surface area contributed by atoms with E-state index in [-0.39, 0.29) is 5.91 Å². The van der Waals surface area contributed by atoms with Crippen molar-refractivity contribution in [2.45, 2.75) is 26.7 Å². The van der Waals surface area contributed by atoms with Gasteiger partial charge in [-0.2, -0.15) is 0 Å². The Morgan fingerprint density at radius 1 is 0.964 bits per heavy atom. The molecule has 3 rings (SSSR count). The van der Waals surface area contributed by atoms with E-state index in [2.05, 4.69) is 20.6 Å². The predicted molar refractivity (Wildman–Crippen MR) is 111 cm³/mol. The van der Waals surface area contributed by atoms with Crippen molar-refractivity contribution in [3.63, 3.8) is 0 Å². The second-order valence-corrected chi connectivity index (χ2v) is 6.46. The van der Waals surface area contributed by atoms with Crippen LogP contribution in [-0.2, 0) is 4.79 Å². The molecular formula is C22H24N4O2. The van der Waals surface area contributed by atoms with Crippen LogP contribution in [0.25, 0.3) is 0 Å². The minimum absolute atomic E-state index is 0.0627. The van der Waals surface area contributed by atoms with Crippen molar-refractivity contribution in [3.8, 4) is 11.5 Å². The summed E-state index contributed by atoms with van der Waals surface area (Å²) in [6, 6.07) is 18.8. The molecule has 6 nitrogen and oxygen atoms in total. The molecule has 0 unspecified atom stereocenters. The molecule has 0 spiro atoms. The van der Waals surface area contributed by atoms with E-state index in [4.69, 9.17) is 4.74 Å². The lowest BCUT2D eigenvalue weighted by Gasteiger charge is -2.12. The fraction of sp³-hybridized carbons (Fsp3) is 0.227. The lowest BCUT2D eigenvalue weighted by atomic mass is 10.2. The Labute approximate surface area is 165 Å². The van der Waals surface area contributed by atoms with E-state index in [0.717, 1.165) is 17.1 Å². The lowest BCUT2D eigenvalue weighted by Crippen LogP contribution is -2.14. The summed E-state index contributed by atoms with van der Waals surface area (Å²) in [6.07, 6.45) is 1.06. The molecule has 3 aromatic rings. The number of carbonyl (C=O) groups is 1. The van der Waals surface area contributed by atoms with Gasteiger partial charge in [0.1, 0.15) is 5.75 Å². The average Bonchev–Trinajstić information content (AvgIpc) is 2.67. The summed E-state index contributed by atoms with van der Waals surface area (Å²) in [5.41, 5.74) is 2.49. The lowest BCUT2D eigenvalue weighted by molar-refractivity contribution is -0.116. The molecule has 6 heteroatoms. The molecule has 0 radical (unpaired) electrons. The molecule has 2 aromatic carbocycles. The Bertz CT molecular complexity index is 909.